The Morgan fingerprint density at radius 3 is 1.93 bits per heavy atom. The molecule has 0 aliphatic carbocycles. The summed E-state index contributed by atoms with van der Waals surface area (Å²) in [4.78, 5) is 10.1. The average Bonchev–Trinajstić information content (AvgIpc) is 2.16. The van der Waals surface area contributed by atoms with E-state index < -0.39 is 0 Å². The van der Waals surface area contributed by atoms with E-state index in [0.717, 1.165) is 0 Å². The summed E-state index contributed by atoms with van der Waals surface area (Å²) in [6.45, 7) is 8.82. The second kappa shape index (κ2) is 15.1. The fourth-order valence-electron chi connectivity index (χ4n) is 0.724. The van der Waals surface area contributed by atoms with Crippen LogP contribution in [0.15, 0.2) is 0 Å². The van der Waals surface area contributed by atoms with Crippen LogP contribution in [0.2, 0.25) is 0 Å². The molecule has 3 heteroatoms. The Hall–Kier alpha value is -0.410. The lowest BCUT2D eigenvalue weighted by molar-refractivity contribution is -0.117. The molecular weight excluding hydrogens is 178 g/mol. The predicted molar refractivity (Wildman–Crippen MR) is 60.6 cm³/mol. The van der Waals surface area contributed by atoms with E-state index in [9.17, 15) is 4.79 Å². The van der Waals surface area contributed by atoms with E-state index in [4.69, 9.17) is 0 Å². The first-order valence-corrected chi connectivity index (χ1v) is 5.38. The van der Waals surface area contributed by atoms with Crippen molar-refractivity contribution in [2.24, 2.45) is 0 Å². The van der Waals surface area contributed by atoms with Gasteiger partial charge in [0.25, 0.3) is 0 Å². The van der Waals surface area contributed by atoms with Gasteiger partial charge in [-0.1, -0.05) is 13.8 Å². The standard InChI is InChI=1S/C6H15N.C5H10O2/c1-3-5-7-6-4-2;1-5(6)3-4-7-2/h7H,3-6H2,1-2H3;3-4H2,1-2H3. The van der Waals surface area contributed by atoms with Gasteiger partial charge in [-0.2, -0.15) is 0 Å². The van der Waals surface area contributed by atoms with Crippen LogP contribution in [-0.2, 0) is 9.53 Å². The summed E-state index contributed by atoms with van der Waals surface area (Å²) >= 11 is 0. The van der Waals surface area contributed by atoms with Crippen molar-refractivity contribution in [1.29, 1.82) is 0 Å². The van der Waals surface area contributed by atoms with Crippen molar-refractivity contribution in [2.75, 3.05) is 26.8 Å². The SMILES string of the molecule is CCCNCCC.COCCC(C)=O. The molecule has 86 valence electrons. The van der Waals surface area contributed by atoms with E-state index >= 15 is 0 Å². The molecular formula is C11H25NO2. The van der Waals surface area contributed by atoms with E-state index in [1.165, 1.54) is 25.9 Å². The third kappa shape index (κ3) is 22.6. The van der Waals surface area contributed by atoms with Crippen LogP contribution in [0.25, 0.3) is 0 Å². The molecule has 0 heterocycles. The Morgan fingerprint density at radius 2 is 1.71 bits per heavy atom. The Labute approximate surface area is 88.2 Å². The second-order valence-electron chi connectivity index (χ2n) is 3.19. The summed E-state index contributed by atoms with van der Waals surface area (Å²) in [5.41, 5.74) is 0. The van der Waals surface area contributed by atoms with E-state index in [1.807, 2.05) is 0 Å². The van der Waals surface area contributed by atoms with Gasteiger partial charge in [0.2, 0.25) is 0 Å². The quantitative estimate of drug-likeness (QED) is 0.643. The Kier molecular flexibility index (Phi) is 17.3. The highest BCUT2D eigenvalue weighted by Gasteiger charge is 1.87. The number of nitrogens with one attached hydrogen (secondary N) is 1. The van der Waals surface area contributed by atoms with Gasteiger partial charge in [-0.05, 0) is 32.9 Å². The van der Waals surface area contributed by atoms with Crippen molar-refractivity contribution in [3.05, 3.63) is 0 Å². The van der Waals surface area contributed by atoms with Gasteiger partial charge in [0, 0.05) is 13.5 Å². The van der Waals surface area contributed by atoms with Crippen LogP contribution in [0.5, 0.6) is 0 Å². The van der Waals surface area contributed by atoms with Crippen LogP contribution in [0, 0.1) is 0 Å². The minimum Gasteiger partial charge on any atom is -0.384 e. The fraction of sp³-hybridized carbons (Fsp3) is 0.909. The highest BCUT2D eigenvalue weighted by Crippen LogP contribution is 1.79. The number of ether oxygens (including phenoxy) is 1. The minimum atomic E-state index is 0.182. The number of carbonyl (C=O) groups excluding carboxylic acids is 1. The van der Waals surface area contributed by atoms with E-state index in [1.54, 1.807) is 14.0 Å². The highest BCUT2D eigenvalue weighted by molar-refractivity contribution is 5.75. The van der Waals surface area contributed by atoms with Crippen LogP contribution < -0.4 is 5.32 Å². The summed E-state index contributed by atoms with van der Waals surface area (Å²) < 4.78 is 4.63. The highest BCUT2D eigenvalue weighted by atomic mass is 16.5. The fourth-order valence-corrected chi connectivity index (χ4v) is 0.724. The van der Waals surface area contributed by atoms with Crippen molar-refractivity contribution in [1.82, 2.24) is 5.32 Å². The zero-order chi connectivity index (χ0) is 11.2. The molecule has 0 saturated heterocycles. The molecule has 0 aliphatic rings. The maximum absolute atomic E-state index is 10.1. The topological polar surface area (TPSA) is 38.3 Å². The van der Waals surface area contributed by atoms with Gasteiger partial charge in [-0.15, -0.1) is 0 Å². The van der Waals surface area contributed by atoms with Gasteiger partial charge < -0.3 is 10.1 Å². The molecule has 0 rings (SSSR count). The predicted octanol–water partition coefficient (Wildman–Crippen LogP) is 2.01. The Morgan fingerprint density at radius 1 is 1.21 bits per heavy atom. The number of hydrogen-bond donors (Lipinski definition) is 1. The molecule has 0 atom stereocenters. The summed E-state index contributed by atoms with van der Waals surface area (Å²) in [6.07, 6.45) is 3.04. The van der Waals surface area contributed by atoms with E-state index in [-0.39, 0.29) is 5.78 Å². The molecule has 0 saturated carbocycles. The van der Waals surface area contributed by atoms with Crippen molar-refractivity contribution in [3.8, 4) is 0 Å². The maximum atomic E-state index is 10.1. The molecule has 0 aliphatic heterocycles. The molecule has 0 fully saturated rings. The molecule has 14 heavy (non-hydrogen) atoms. The number of Topliss-reactive ketones (excluding diaryl/α,β-unsaturated/α-hetero) is 1. The first-order chi connectivity index (χ1) is 6.68. The lowest BCUT2D eigenvalue weighted by Crippen LogP contribution is -2.14. The molecule has 0 bridgehead atoms. The Balaban J connectivity index is 0. The van der Waals surface area contributed by atoms with Gasteiger partial charge >= 0.3 is 0 Å². The van der Waals surface area contributed by atoms with E-state index in [0.29, 0.717) is 13.0 Å². The lowest BCUT2D eigenvalue weighted by Gasteiger charge is -1.95. The van der Waals surface area contributed by atoms with Gasteiger partial charge in [0.05, 0.1) is 6.61 Å². The number of rotatable bonds is 7. The third-order valence-corrected chi connectivity index (χ3v) is 1.51. The number of carbonyl (C=O) groups is 1. The van der Waals surface area contributed by atoms with Crippen molar-refractivity contribution in [3.63, 3.8) is 0 Å². The number of ketones is 1. The van der Waals surface area contributed by atoms with E-state index in [2.05, 4.69) is 23.9 Å². The molecule has 0 spiro atoms. The van der Waals surface area contributed by atoms with Crippen LogP contribution in [0.3, 0.4) is 0 Å². The summed E-state index contributed by atoms with van der Waals surface area (Å²) in [5.74, 6) is 0.182. The number of methoxy groups -OCH3 is 1. The Bertz CT molecular complexity index is 112. The summed E-state index contributed by atoms with van der Waals surface area (Å²) in [7, 11) is 1.59. The van der Waals surface area contributed by atoms with Crippen molar-refractivity contribution in [2.45, 2.75) is 40.0 Å². The molecule has 0 radical (unpaired) electrons. The van der Waals surface area contributed by atoms with Gasteiger partial charge in [0.15, 0.2) is 0 Å². The second-order valence-corrected chi connectivity index (χ2v) is 3.19. The van der Waals surface area contributed by atoms with Crippen molar-refractivity contribution >= 4 is 5.78 Å². The van der Waals surface area contributed by atoms with Crippen LogP contribution in [-0.4, -0.2) is 32.6 Å². The normalized spacial score (nSPS) is 9.14. The molecule has 1 N–H and O–H groups in total. The third-order valence-electron chi connectivity index (χ3n) is 1.51. The molecule has 3 nitrogen and oxygen atoms in total. The maximum Gasteiger partial charge on any atom is 0.132 e. The molecule has 0 aromatic heterocycles. The minimum absolute atomic E-state index is 0.182. The first-order valence-electron chi connectivity index (χ1n) is 5.38. The number of hydrogen-bond acceptors (Lipinski definition) is 3. The lowest BCUT2D eigenvalue weighted by atomic mass is 10.3. The van der Waals surface area contributed by atoms with Crippen molar-refractivity contribution < 1.29 is 9.53 Å². The molecule has 0 aromatic rings. The first kappa shape index (κ1) is 16.0. The molecule has 0 unspecified atom stereocenters. The molecule has 0 amide bonds. The van der Waals surface area contributed by atoms with Gasteiger partial charge in [-0.3, -0.25) is 4.79 Å². The van der Waals surface area contributed by atoms with Crippen LogP contribution >= 0.6 is 0 Å². The monoisotopic (exact) mass is 203 g/mol. The average molecular weight is 203 g/mol. The molecule has 0 aromatic carbocycles. The van der Waals surface area contributed by atoms with Crippen LogP contribution in [0.4, 0.5) is 0 Å². The zero-order valence-corrected chi connectivity index (χ0v) is 10.1. The zero-order valence-electron chi connectivity index (χ0n) is 10.1. The van der Waals surface area contributed by atoms with Crippen LogP contribution in [0.1, 0.15) is 40.0 Å². The summed E-state index contributed by atoms with van der Waals surface area (Å²) in [6, 6.07) is 0. The smallest absolute Gasteiger partial charge is 0.132 e. The van der Waals surface area contributed by atoms with Gasteiger partial charge in [-0.25, -0.2) is 0 Å². The largest absolute Gasteiger partial charge is 0.384 e. The van der Waals surface area contributed by atoms with Gasteiger partial charge in [0.1, 0.15) is 5.78 Å². The summed E-state index contributed by atoms with van der Waals surface area (Å²) in [5, 5.41) is 3.28.